The van der Waals surface area contributed by atoms with Crippen LogP contribution in [0.5, 0.6) is 0 Å². The van der Waals surface area contributed by atoms with Gasteiger partial charge in [-0.05, 0) is 26.7 Å². The zero-order chi connectivity index (χ0) is 17.2. The van der Waals surface area contributed by atoms with Gasteiger partial charge in [0, 0.05) is 13.2 Å². The number of hydrogen-bond donors (Lipinski definition) is 0. The SMILES string of the molecule is CCCCCCCOCC(C)OCC(C)OCCCCCCC. The standard InChI is InChI=1S/C20H42O3/c1-5-7-9-11-13-15-21-17-19(3)23-18-20(4)22-16-14-12-10-8-6-2/h19-20H,5-18H2,1-4H3. The van der Waals surface area contributed by atoms with E-state index in [2.05, 4.69) is 27.7 Å². The summed E-state index contributed by atoms with van der Waals surface area (Å²) in [6.07, 6.45) is 13.2. The average Bonchev–Trinajstić information content (AvgIpc) is 2.55. The summed E-state index contributed by atoms with van der Waals surface area (Å²) in [5.74, 6) is 0. The number of hydrogen-bond acceptors (Lipinski definition) is 3. The van der Waals surface area contributed by atoms with Crippen molar-refractivity contribution >= 4 is 0 Å². The fourth-order valence-electron chi connectivity index (χ4n) is 2.44. The Morgan fingerprint density at radius 2 is 1.09 bits per heavy atom. The third-order valence-electron chi connectivity index (χ3n) is 4.01. The molecule has 0 aromatic rings. The lowest BCUT2D eigenvalue weighted by atomic mass is 10.2. The zero-order valence-electron chi connectivity index (χ0n) is 16.3. The van der Waals surface area contributed by atoms with E-state index in [9.17, 15) is 0 Å². The quantitative estimate of drug-likeness (QED) is 0.299. The van der Waals surface area contributed by atoms with Gasteiger partial charge in [-0.15, -0.1) is 0 Å². The van der Waals surface area contributed by atoms with E-state index >= 15 is 0 Å². The van der Waals surface area contributed by atoms with Crippen molar-refractivity contribution in [2.45, 2.75) is 104 Å². The van der Waals surface area contributed by atoms with Crippen LogP contribution >= 0.6 is 0 Å². The van der Waals surface area contributed by atoms with Crippen LogP contribution in [0, 0.1) is 0 Å². The predicted molar refractivity (Wildman–Crippen MR) is 99.2 cm³/mol. The molecule has 23 heavy (non-hydrogen) atoms. The summed E-state index contributed by atoms with van der Waals surface area (Å²) in [6.45, 7) is 11.7. The minimum atomic E-state index is 0.154. The molecule has 0 aliphatic carbocycles. The van der Waals surface area contributed by atoms with Crippen molar-refractivity contribution in [2.24, 2.45) is 0 Å². The summed E-state index contributed by atoms with van der Waals surface area (Å²) in [7, 11) is 0. The molecule has 0 bridgehead atoms. The molecule has 0 saturated heterocycles. The van der Waals surface area contributed by atoms with E-state index in [0.29, 0.717) is 13.2 Å². The summed E-state index contributed by atoms with van der Waals surface area (Å²) >= 11 is 0. The van der Waals surface area contributed by atoms with E-state index < -0.39 is 0 Å². The van der Waals surface area contributed by atoms with Gasteiger partial charge < -0.3 is 14.2 Å². The molecule has 0 aromatic carbocycles. The molecule has 0 fully saturated rings. The molecule has 140 valence electrons. The van der Waals surface area contributed by atoms with Gasteiger partial charge in [-0.3, -0.25) is 0 Å². The molecule has 0 heterocycles. The third kappa shape index (κ3) is 18.1. The van der Waals surface area contributed by atoms with Crippen molar-refractivity contribution in [1.29, 1.82) is 0 Å². The highest BCUT2D eigenvalue weighted by Crippen LogP contribution is 2.05. The summed E-state index contributed by atoms with van der Waals surface area (Å²) in [6, 6.07) is 0. The van der Waals surface area contributed by atoms with Crippen molar-refractivity contribution in [1.82, 2.24) is 0 Å². The molecular weight excluding hydrogens is 288 g/mol. The maximum atomic E-state index is 5.79. The molecule has 2 atom stereocenters. The molecule has 3 heteroatoms. The largest absolute Gasteiger partial charge is 0.379 e. The Balaban J connectivity index is 3.31. The van der Waals surface area contributed by atoms with Gasteiger partial charge in [0.1, 0.15) is 0 Å². The fourth-order valence-corrected chi connectivity index (χ4v) is 2.44. The van der Waals surface area contributed by atoms with Crippen LogP contribution in [0.1, 0.15) is 91.9 Å². The molecule has 0 aromatic heterocycles. The Bertz CT molecular complexity index is 221. The summed E-state index contributed by atoms with van der Waals surface area (Å²) in [5, 5.41) is 0. The highest BCUT2D eigenvalue weighted by Gasteiger charge is 2.07. The predicted octanol–water partition coefficient (Wildman–Crippen LogP) is 5.75. The molecule has 0 aliphatic rings. The molecule has 0 N–H and O–H groups in total. The summed E-state index contributed by atoms with van der Waals surface area (Å²) in [5.41, 5.74) is 0. The molecule has 0 radical (unpaired) electrons. The van der Waals surface area contributed by atoms with E-state index in [4.69, 9.17) is 14.2 Å². The highest BCUT2D eigenvalue weighted by atomic mass is 16.6. The maximum absolute atomic E-state index is 5.79. The fraction of sp³-hybridized carbons (Fsp3) is 1.00. The molecule has 0 spiro atoms. The average molecular weight is 331 g/mol. The van der Waals surface area contributed by atoms with Crippen LogP contribution in [0.4, 0.5) is 0 Å². The Labute approximate surface area is 145 Å². The Kier molecular flexibility index (Phi) is 18.1. The van der Waals surface area contributed by atoms with Crippen LogP contribution in [-0.2, 0) is 14.2 Å². The van der Waals surface area contributed by atoms with E-state index in [0.717, 1.165) is 13.2 Å². The number of ether oxygens (including phenoxy) is 3. The lowest BCUT2D eigenvalue weighted by molar-refractivity contribution is -0.0577. The monoisotopic (exact) mass is 330 g/mol. The minimum absolute atomic E-state index is 0.154. The molecule has 0 aliphatic heterocycles. The summed E-state index contributed by atoms with van der Waals surface area (Å²) in [4.78, 5) is 0. The van der Waals surface area contributed by atoms with Gasteiger partial charge in [-0.1, -0.05) is 65.2 Å². The van der Waals surface area contributed by atoms with Gasteiger partial charge in [0.05, 0.1) is 25.4 Å². The van der Waals surface area contributed by atoms with E-state index in [1.807, 2.05) is 0 Å². The van der Waals surface area contributed by atoms with Crippen LogP contribution in [0.2, 0.25) is 0 Å². The first kappa shape index (κ1) is 22.9. The maximum Gasteiger partial charge on any atom is 0.0781 e. The van der Waals surface area contributed by atoms with Crippen molar-refractivity contribution < 1.29 is 14.2 Å². The van der Waals surface area contributed by atoms with Gasteiger partial charge in [0.25, 0.3) is 0 Å². The van der Waals surface area contributed by atoms with Crippen LogP contribution in [-0.4, -0.2) is 38.6 Å². The normalized spacial score (nSPS) is 14.1. The van der Waals surface area contributed by atoms with Crippen molar-refractivity contribution in [3.05, 3.63) is 0 Å². The first-order valence-corrected chi connectivity index (χ1v) is 10.0. The van der Waals surface area contributed by atoms with Crippen molar-refractivity contribution in [3.8, 4) is 0 Å². The van der Waals surface area contributed by atoms with Gasteiger partial charge in [-0.25, -0.2) is 0 Å². The van der Waals surface area contributed by atoms with Crippen LogP contribution in [0.15, 0.2) is 0 Å². The van der Waals surface area contributed by atoms with Crippen molar-refractivity contribution in [3.63, 3.8) is 0 Å². The second kappa shape index (κ2) is 18.2. The van der Waals surface area contributed by atoms with Gasteiger partial charge in [-0.2, -0.15) is 0 Å². The van der Waals surface area contributed by atoms with Crippen molar-refractivity contribution in [2.75, 3.05) is 26.4 Å². The first-order valence-electron chi connectivity index (χ1n) is 10.0. The molecule has 0 saturated carbocycles. The zero-order valence-corrected chi connectivity index (χ0v) is 16.3. The molecule has 2 unspecified atom stereocenters. The molecule has 3 nitrogen and oxygen atoms in total. The molecule has 0 amide bonds. The van der Waals surface area contributed by atoms with Gasteiger partial charge in [0.15, 0.2) is 0 Å². The Morgan fingerprint density at radius 3 is 1.70 bits per heavy atom. The highest BCUT2D eigenvalue weighted by molar-refractivity contribution is 4.53. The molecule has 0 rings (SSSR count). The van der Waals surface area contributed by atoms with Gasteiger partial charge >= 0.3 is 0 Å². The van der Waals surface area contributed by atoms with E-state index in [1.54, 1.807) is 0 Å². The number of unbranched alkanes of at least 4 members (excludes halogenated alkanes) is 8. The lowest BCUT2D eigenvalue weighted by Crippen LogP contribution is -2.24. The number of rotatable bonds is 18. The molecular formula is C20H42O3. The Morgan fingerprint density at radius 1 is 0.565 bits per heavy atom. The van der Waals surface area contributed by atoms with E-state index in [1.165, 1.54) is 64.2 Å². The third-order valence-corrected chi connectivity index (χ3v) is 4.01. The second-order valence-corrected chi connectivity index (χ2v) is 6.73. The smallest absolute Gasteiger partial charge is 0.0781 e. The van der Waals surface area contributed by atoms with Crippen LogP contribution in [0.25, 0.3) is 0 Å². The van der Waals surface area contributed by atoms with Gasteiger partial charge in [0.2, 0.25) is 0 Å². The lowest BCUT2D eigenvalue weighted by Gasteiger charge is -2.18. The van der Waals surface area contributed by atoms with Crippen LogP contribution < -0.4 is 0 Å². The first-order chi connectivity index (χ1) is 11.2. The second-order valence-electron chi connectivity index (χ2n) is 6.73. The minimum Gasteiger partial charge on any atom is -0.379 e. The Hall–Kier alpha value is -0.120. The van der Waals surface area contributed by atoms with Crippen LogP contribution in [0.3, 0.4) is 0 Å². The summed E-state index contributed by atoms with van der Waals surface area (Å²) < 4.78 is 17.3. The van der Waals surface area contributed by atoms with E-state index in [-0.39, 0.29) is 12.2 Å². The topological polar surface area (TPSA) is 27.7 Å².